The first-order chi connectivity index (χ1) is 17.1. The van der Waals surface area contributed by atoms with Crippen LogP contribution in [0.4, 0.5) is 0 Å². The van der Waals surface area contributed by atoms with Gasteiger partial charge in [-0.3, -0.25) is 19.9 Å². The number of aryl methyl sites for hydroxylation is 2. The fraction of sp³-hybridized carbons (Fsp3) is 0.207. The topological polar surface area (TPSA) is 92.0 Å². The molecule has 0 fully saturated rings. The van der Waals surface area contributed by atoms with Crippen molar-refractivity contribution in [3.8, 4) is 22.8 Å². The standard InChI is InChI=1S/C14H16N2.C12H12N2O2.C3H4/c1-3-11-5-7-15-13(9-11)14-10-12(4-2)6-8-16-14;15-7-9-1-3-13-11(5-9)12-6-10(8-16)2-4-14-12;1-3-2/h5-10H,3-4H2,1-2H3;1-6,15-16H,7-8H2;1-2H2. The van der Waals surface area contributed by atoms with Crippen LogP contribution >= 0.6 is 0 Å². The lowest BCUT2D eigenvalue weighted by Gasteiger charge is -2.03. The third-order valence-corrected chi connectivity index (χ3v) is 5.00. The summed E-state index contributed by atoms with van der Waals surface area (Å²) < 4.78 is 0. The van der Waals surface area contributed by atoms with Gasteiger partial charge in [-0.05, 0) is 83.6 Å². The van der Waals surface area contributed by atoms with Crippen LogP contribution in [0.3, 0.4) is 0 Å². The lowest BCUT2D eigenvalue weighted by molar-refractivity contribution is 0.281. The average Bonchev–Trinajstić information content (AvgIpc) is 2.94. The van der Waals surface area contributed by atoms with Crippen LogP contribution in [0.2, 0.25) is 0 Å². The minimum atomic E-state index is -0.0186. The maximum absolute atomic E-state index is 9.02. The van der Waals surface area contributed by atoms with E-state index in [1.54, 1.807) is 36.7 Å². The molecule has 0 saturated carbocycles. The Morgan fingerprint density at radius 3 is 1.09 bits per heavy atom. The Labute approximate surface area is 207 Å². The molecule has 4 heterocycles. The van der Waals surface area contributed by atoms with Crippen LogP contribution in [0.5, 0.6) is 0 Å². The molecule has 0 aromatic carbocycles. The van der Waals surface area contributed by atoms with E-state index in [2.05, 4.69) is 64.8 Å². The molecular weight excluding hydrogens is 436 g/mol. The van der Waals surface area contributed by atoms with E-state index in [0.29, 0.717) is 11.4 Å². The molecule has 4 aromatic rings. The van der Waals surface area contributed by atoms with Crippen molar-refractivity contribution in [3.05, 3.63) is 114 Å². The molecule has 0 amide bonds. The molecule has 4 rings (SSSR count). The third-order valence-electron chi connectivity index (χ3n) is 5.00. The maximum atomic E-state index is 9.02. The molecule has 0 unspecified atom stereocenters. The summed E-state index contributed by atoms with van der Waals surface area (Å²) in [7, 11) is 0. The first-order valence-corrected chi connectivity index (χ1v) is 11.4. The quantitative estimate of drug-likeness (QED) is 0.371. The molecule has 0 spiro atoms. The monoisotopic (exact) mass is 468 g/mol. The molecule has 0 aliphatic rings. The highest BCUT2D eigenvalue weighted by Crippen LogP contribution is 2.18. The van der Waals surface area contributed by atoms with Crippen molar-refractivity contribution in [2.45, 2.75) is 39.9 Å². The van der Waals surface area contributed by atoms with Crippen LogP contribution in [0, 0.1) is 0 Å². The van der Waals surface area contributed by atoms with Gasteiger partial charge in [0.25, 0.3) is 0 Å². The van der Waals surface area contributed by atoms with Crippen LogP contribution in [0.15, 0.2) is 92.2 Å². The smallest absolute Gasteiger partial charge is 0.0889 e. The highest BCUT2D eigenvalue weighted by molar-refractivity contribution is 5.56. The van der Waals surface area contributed by atoms with Gasteiger partial charge in [0.15, 0.2) is 0 Å². The summed E-state index contributed by atoms with van der Waals surface area (Å²) in [5, 5.41) is 18.0. The van der Waals surface area contributed by atoms with E-state index in [-0.39, 0.29) is 13.2 Å². The molecule has 0 radical (unpaired) electrons. The molecule has 0 saturated heterocycles. The van der Waals surface area contributed by atoms with Gasteiger partial charge in [-0.1, -0.05) is 27.0 Å². The Bertz CT molecular complexity index is 1050. The van der Waals surface area contributed by atoms with E-state index < -0.39 is 0 Å². The minimum absolute atomic E-state index is 0.0186. The zero-order valence-electron chi connectivity index (χ0n) is 20.4. The van der Waals surface area contributed by atoms with Gasteiger partial charge in [-0.2, -0.15) is 0 Å². The summed E-state index contributed by atoms with van der Waals surface area (Å²) in [6, 6.07) is 15.4. The Balaban J connectivity index is 0.000000222. The van der Waals surface area contributed by atoms with Crippen molar-refractivity contribution in [1.82, 2.24) is 19.9 Å². The molecule has 6 nitrogen and oxygen atoms in total. The molecular formula is C29H32N4O2. The number of aliphatic hydroxyl groups is 2. The number of hydrogen-bond donors (Lipinski definition) is 2. The van der Waals surface area contributed by atoms with Crippen molar-refractivity contribution in [1.29, 1.82) is 0 Å². The largest absolute Gasteiger partial charge is 0.392 e. The molecule has 35 heavy (non-hydrogen) atoms. The molecule has 0 bridgehead atoms. The van der Waals surface area contributed by atoms with Crippen molar-refractivity contribution >= 4 is 0 Å². The molecule has 0 aliphatic carbocycles. The maximum Gasteiger partial charge on any atom is 0.0889 e. The predicted octanol–water partition coefficient (Wildman–Crippen LogP) is 5.35. The van der Waals surface area contributed by atoms with E-state index in [0.717, 1.165) is 35.4 Å². The second-order valence-corrected chi connectivity index (χ2v) is 7.47. The van der Waals surface area contributed by atoms with Gasteiger partial charge in [-0.25, -0.2) is 0 Å². The van der Waals surface area contributed by atoms with Crippen LogP contribution in [-0.4, -0.2) is 30.1 Å². The summed E-state index contributed by atoms with van der Waals surface area (Å²) in [5.41, 5.74) is 9.76. The molecule has 0 atom stereocenters. The molecule has 4 aromatic heterocycles. The fourth-order valence-corrected chi connectivity index (χ4v) is 3.09. The van der Waals surface area contributed by atoms with Gasteiger partial charge < -0.3 is 10.2 Å². The number of rotatable bonds is 6. The minimum Gasteiger partial charge on any atom is -0.392 e. The highest BCUT2D eigenvalue weighted by atomic mass is 16.3. The van der Waals surface area contributed by atoms with Crippen LogP contribution in [0.1, 0.15) is 36.1 Å². The van der Waals surface area contributed by atoms with E-state index in [1.807, 2.05) is 24.5 Å². The Morgan fingerprint density at radius 1 is 0.571 bits per heavy atom. The van der Waals surface area contributed by atoms with Gasteiger partial charge in [0, 0.05) is 24.8 Å². The number of aliphatic hydroxyl groups excluding tert-OH is 2. The van der Waals surface area contributed by atoms with Gasteiger partial charge >= 0.3 is 0 Å². The zero-order valence-corrected chi connectivity index (χ0v) is 20.4. The van der Waals surface area contributed by atoms with Crippen LogP contribution in [-0.2, 0) is 26.1 Å². The summed E-state index contributed by atoms with van der Waals surface area (Å²) in [5.74, 6) is 0. The van der Waals surface area contributed by atoms with Crippen molar-refractivity contribution in [3.63, 3.8) is 0 Å². The first kappa shape index (κ1) is 27.3. The second kappa shape index (κ2) is 15.0. The number of nitrogens with zero attached hydrogens (tertiary/aromatic N) is 4. The molecule has 2 N–H and O–H groups in total. The van der Waals surface area contributed by atoms with Crippen LogP contribution in [0.25, 0.3) is 22.8 Å². The van der Waals surface area contributed by atoms with Gasteiger partial charge in [0.1, 0.15) is 0 Å². The summed E-state index contributed by atoms with van der Waals surface area (Å²) in [4.78, 5) is 17.1. The third kappa shape index (κ3) is 8.72. The van der Waals surface area contributed by atoms with Gasteiger partial charge in [0.2, 0.25) is 0 Å². The Morgan fingerprint density at radius 2 is 0.829 bits per heavy atom. The molecule has 180 valence electrons. The van der Waals surface area contributed by atoms with Gasteiger partial charge in [-0.15, -0.1) is 5.73 Å². The van der Waals surface area contributed by atoms with Crippen LogP contribution < -0.4 is 0 Å². The zero-order chi connectivity index (χ0) is 25.5. The van der Waals surface area contributed by atoms with E-state index in [4.69, 9.17) is 10.2 Å². The Hall–Kier alpha value is -3.96. The van der Waals surface area contributed by atoms with Crippen molar-refractivity contribution in [2.24, 2.45) is 0 Å². The Kier molecular flexibility index (Phi) is 11.7. The lowest BCUT2D eigenvalue weighted by atomic mass is 10.1. The summed E-state index contributed by atoms with van der Waals surface area (Å²) >= 11 is 0. The molecule has 0 aliphatic heterocycles. The van der Waals surface area contributed by atoms with E-state index >= 15 is 0 Å². The SMILES string of the molecule is C=C=C.CCc1ccnc(-c2cc(CC)ccn2)c1.OCc1ccnc(-c2cc(CO)ccn2)c1. The normalized spacial score (nSPS) is 9.71. The van der Waals surface area contributed by atoms with E-state index in [9.17, 15) is 0 Å². The second-order valence-electron chi connectivity index (χ2n) is 7.47. The number of aromatic nitrogens is 4. The van der Waals surface area contributed by atoms with Crippen molar-refractivity contribution in [2.75, 3.05) is 0 Å². The summed E-state index contributed by atoms with van der Waals surface area (Å²) in [6.45, 7) is 10.5. The van der Waals surface area contributed by atoms with Crippen molar-refractivity contribution < 1.29 is 10.2 Å². The number of pyridine rings is 4. The highest BCUT2D eigenvalue weighted by Gasteiger charge is 2.03. The fourth-order valence-electron chi connectivity index (χ4n) is 3.09. The average molecular weight is 469 g/mol. The lowest BCUT2D eigenvalue weighted by Crippen LogP contribution is -1.92. The van der Waals surface area contributed by atoms with E-state index in [1.165, 1.54) is 11.1 Å². The summed E-state index contributed by atoms with van der Waals surface area (Å²) in [6.07, 6.45) is 9.04. The van der Waals surface area contributed by atoms with Gasteiger partial charge in [0.05, 0.1) is 36.0 Å². The predicted molar refractivity (Wildman–Crippen MR) is 140 cm³/mol. The first-order valence-electron chi connectivity index (χ1n) is 11.4. The molecule has 6 heteroatoms. The number of hydrogen-bond acceptors (Lipinski definition) is 6.